The normalized spacial score (nSPS) is 11.6. The molecule has 1 amide bonds. The number of ether oxygens (including phenoxy) is 1. The van der Waals surface area contributed by atoms with E-state index >= 15 is 0 Å². The Labute approximate surface area is 120 Å². The van der Waals surface area contributed by atoms with E-state index in [1.807, 2.05) is 0 Å². The second-order valence-electron chi connectivity index (χ2n) is 3.90. The highest BCUT2D eigenvalue weighted by Gasteiger charge is 2.31. The van der Waals surface area contributed by atoms with Crippen LogP contribution in [0.3, 0.4) is 0 Å². The zero-order chi connectivity index (χ0) is 15.6. The molecule has 21 heavy (non-hydrogen) atoms. The summed E-state index contributed by atoms with van der Waals surface area (Å²) in [6, 6.07) is 3.61. The number of nitrogens with two attached hydrogens (primary N) is 1. The van der Waals surface area contributed by atoms with Gasteiger partial charge in [-0.1, -0.05) is 11.3 Å². The van der Waals surface area contributed by atoms with Crippen molar-refractivity contribution in [3.05, 3.63) is 18.2 Å². The number of hydrogen-bond acceptors (Lipinski definition) is 5. The van der Waals surface area contributed by atoms with Crippen molar-refractivity contribution < 1.29 is 27.8 Å². The van der Waals surface area contributed by atoms with E-state index in [1.54, 1.807) is 0 Å². The van der Waals surface area contributed by atoms with E-state index in [0.717, 1.165) is 28.4 Å². The molecule has 0 fully saturated rings. The largest absolute Gasteiger partial charge is 0.573 e. The highest BCUT2D eigenvalue weighted by Crippen LogP contribution is 2.33. The zero-order valence-electron chi connectivity index (χ0n) is 10.4. The van der Waals surface area contributed by atoms with Gasteiger partial charge in [-0.3, -0.25) is 4.90 Å². The van der Waals surface area contributed by atoms with Crippen molar-refractivity contribution in [2.75, 3.05) is 18.0 Å². The molecule has 0 saturated carbocycles. The molecule has 6 nitrogen and oxygen atoms in total. The van der Waals surface area contributed by atoms with Gasteiger partial charge in [0.15, 0.2) is 5.13 Å². The van der Waals surface area contributed by atoms with Crippen molar-refractivity contribution >= 4 is 32.8 Å². The molecule has 2 aromatic rings. The first-order valence-corrected chi connectivity index (χ1v) is 6.48. The monoisotopic (exact) mass is 321 g/mol. The highest BCUT2D eigenvalue weighted by molar-refractivity contribution is 7.22. The van der Waals surface area contributed by atoms with Crippen molar-refractivity contribution in [1.82, 2.24) is 4.98 Å². The molecule has 3 N–H and O–H groups in total. The molecule has 114 valence electrons. The first kappa shape index (κ1) is 15.3. The summed E-state index contributed by atoms with van der Waals surface area (Å²) in [6.07, 6.45) is -6.01. The fraction of sp³-hybridized carbons (Fsp3) is 0.273. The van der Waals surface area contributed by atoms with E-state index in [-0.39, 0.29) is 24.0 Å². The smallest absolute Gasteiger partial charge is 0.465 e. The Morgan fingerprint density at radius 2 is 2.19 bits per heavy atom. The average Bonchev–Trinajstić information content (AvgIpc) is 2.75. The number of hydrogen-bond donors (Lipinski definition) is 2. The molecule has 0 radical (unpaired) electrons. The summed E-state index contributed by atoms with van der Waals surface area (Å²) in [7, 11) is 0. The van der Waals surface area contributed by atoms with Crippen LogP contribution in [0, 0.1) is 0 Å². The summed E-state index contributed by atoms with van der Waals surface area (Å²) in [5.74, 6) is -0.383. The number of thiazole rings is 1. The molecule has 0 aliphatic heterocycles. The Balaban J connectivity index is 2.35. The Bertz CT molecular complexity index is 659. The molecule has 1 aromatic carbocycles. The minimum Gasteiger partial charge on any atom is -0.465 e. The summed E-state index contributed by atoms with van der Waals surface area (Å²) >= 11 is 0.945. The number of nitrogens with zero attached hydrogens (tertiary/aromatic N) is 2. The molecule has 10 heteroatoms. The Hall–Kier alpha value is -2.07. The number of benzene rings is 1. The summed E-state index contributed by atoms with van der Waals surface area (Å²) in [5.41, 5.74) is 5.70. The zero-order valence-corrected chi connectivity index (χ0v) is 11.2. The lowest BCUT2D eigenvalue weighted by molar-refractivity contribution is -0.274. The number of anilines is 1. The molecule has 2 rings (SSSR count). The van der Waals surface area contributed by atoms with Crippen LogP contribution < -0.4 is 15.4 Å². The van der Waals surface area contributed by atoms with E-state index in [2.05, 4.69) is 9.72 Å². The van der Waals surface area contributed by atoms with Crippen LogP contribution in [-0.4, -0.2) is 35.6 Å². The number of halogens is 3. The molecule has 0 atom stereocenters. The van der Waals surface area contributed by atoms with Gasteiger partial charge >= 0.3 is 12.5 Å². The molecule has 0 bridgehead atoms. The number of aromatic nitrogens is 1. The first-order valence-electron chi connectivity index (χ1n) is 5.67. The van der Waals surface area contributed by atoms with E-state index < -0.39 is 12.5 Å². The van der Waals surface area contributed by atoms with E-state index in [9.17, 15) is 18.0 Å². The van der Waals surface area contributed by atoms with Crippen LogP contribution in [-0.2, 0) is 0 Å². The number of carbonyl (C=O) groups is 1. The van der Waals surface area contributed by atoms with Gasteiger partial charge in [-0.15, -0.1) is 13.2 Å². The molecule has 0 saturated heterocycles. The maximum absolute atomic E-state index is 12.1. The third-order valence-corrected chi connectivity index (χ3v) is 3.44. The van der Waals surface area contributed by atoms with Gasteiger partial charge in [-0.05, 0) is 12.1 Å². The van der Waals surface area contributed by atoms with Gasteiger partial charge in [0.1, 0.15) is 5.75 Å². The number of rotatable bonds is 4. The lowest BCUT2D eigenvalue weighted by Gasteiger charge is -2.13. The number of carboxylic acid groups (broad SMARTS) is 1. The van der Waals surface area contributed by atoms with E-state index in [1.165, 1.54) is 6.07 Å². The molecule has 0 aliphatic carbocycles. The quantitative estimate of drug-likeness (QED) is 0.903. The summed E-state index contributed by atoms with van der Waals surface area (Å²) in [4.78, 5) is 16.1. The molecule has 1 aromatic heterocycles. The van der Waals surface area contributed by atoms with E-state index in [0.29, 0.717) is 10.2 Å². The van der Waals surface area contributed by atoms with Crippen LogP contribution in [0.2, 0.25) is 0 Å². The SMILES string of the molecule is NCCN(C(=O)O)c1nc2ccc(OC(F)(F)F)cc2s1. The lowest BCUT2D eigenvalue weighted by Crippen LogP contribution is -2.33. The average molecular weight is 321 g/mol. The summed E-state index contributed by atoms with van der Waals surface area (Å²) < 4.78 is 40.6. The molecule has 0 spiro atoms. The minimum atomic E-state index is -4.78. The minimum absolute atomic E-state index is 0.0427. The van der Waals surface area contributed by atoms with Crippen molar-refractivity contribution in [2.45, 2.75) is 6.36 Å². The van der Waals surface area contributed by atoms with Gasteiger partial charge in [0.05, 0.1) is 10.2 Å². The Morgan fingerprint density at radius 3 is 2.76 bits per heavy atom. The third-order valence-electron chi connectivity index (χ3n) is 2.40. The van der Waals surface area contributed by atoms with Crippen LogP contribution in [0.4, 0.5) is 23.1 Å². The molecule has 0 aliphatic rings. The van der Waals surface area contributed by atoms with Crippen molar-refractivity contribution in [3.8, 4) is 5.75 Å². The predicted molar refractivity (Wildman–Crippen MR) is 70.7 cm³/mol. The fourth-order valence-electron chi connectivity index (χ4n) is 1.61. The third kappa shape index (κ3) is 3.73. The lowest BCUT2D eigenvalue weighted by atomic mass is 10.3. The highest BCUT2D eigenvalue weighted by atomic mass is 32.1. The number of fused-ring (bicyclic) bond motifs is 1. The van der Waals surface area contributed by atoms with Crippen LogP contribution in [0.5, 0.6) is 5.75 Å². The van der Waals surface area contributed by atoms with Gasteiger partial charge in [-0.25, -0.2) is 9.78 Å². The number of amides is 1. The van der Waals surface area contributed by atoms with Crippen LogP contribution >= 0.6 is 11.3 Å². The standard InChI is InChI=1S/C11H10F3N3O3S/c12-11(13,14)20-6-1-2-7-8(5-6)21-9(16-7)17(4-3-15)10(18)19/h1-2,5H,3-4,15H2,(H,18,19). The maximum atomic E-state index is 12.1. The van der Waals surface area contributed by atoms with Crippen LogP contribution in [0.15, 0.2) is 18.2 Å². The van der Waals surface area contributed by atoms with Gasteiger partial charge < -0.3 is 15.6 Å². The van der Waals surface area contributed by atoms with Crippen molar-refractivity contribution in [3.63, 3.8) is 0 Å². The van der Waals surface area contributed by atoms with Crippen LogP contribution in [0.1, 0.15) is 0 Å². The van der Waals surface area contributed by atoms with Gasteiger partial charge in [-0.2, -0.15) is 0 Å². The van der Waals surface area contributed by atoms with Gasteiger partial charge in [0, 0.05) is 19.2 Å². The maximum Gasteiger partial charge on any atom is 0.573 e. The van der Waals surface area contributed by atoms with E-state index in [4.69, 9.17) is 10.8 Å². The molecule has 0 unspecified atom stereocenters. The van der Waals surface area contributed by atoms with Crippen molar-refractivity contribution in [1.29, 1.82) is 0 Å². The number of alkyl halides is 3. The Morgan fingerprint density at radius 1 is 1.48 bits per heavy atom. The van der Waals surface area contributed by atoms with Crippen LogP contribution in [0.25, 0.3) is 10.2 Å². The summed E-state index contributed by atoms with van der Waals surface area (Å²) in [5, 5.41) is 9.20. The second-order valence-corrected chi connectivity index (χ2v) is 4.91. The van der Waals surface area contributed by atoms with Gasteiger partial charge in [0.2, 0.25) is 0 Å². The molecular formula is C11H10F3N3O3S. The first-order chi connectivity index (χ1) is 9.80. The van der Waals surface area contributed by atoms with Gasteiger partial charge in [0.25, 0.3) is 0 Å². The predicted octanol–water partition coefficient (Wildman–Crippen LogP) is 2.64. The second kappa shape index (κ2) is 5.74. The molecule has 1 heterocycles. The molecular weight excluding hydrogens is 311 g/mol. The topological polar surface area (TPSA) is 88.7 Å². The fourth-order valence-corrected chi connectivity index (χ4v) is 2.62. The summed E-state index contributed by atoms with van der Waals surface area (Å²) in [6.45, 7) is 0.145. The Kier molecular flexibility index (Phi) is 4.19. The van der Waals surface area contributed by atoms with Crippen molar-refractivity contribution in [2.24, 2.45) is 5.73 Å².